The van der Waals surface area contributed by atoms with Gasteiger partial charge in [-0.25, -0.2) is 0 Å². The van der Waals surface area contributed by atoms with Crippen LogP contribution in [0.15, 0.2) is 0 Å². The molecule has 0 N–H and O–H groups in total. The van der Waals surface area contributed by atoms with E-state index in [1.165, 1.54) is 0 Å². The van der Waals surface area contributed by atoms with Crippen LogP contribution in [0, 0.1) is 0 Å². The minimum absolute atomic E-state index is 0. The normalized spacial score (nSPS) is 1.00. The molecule has 0 aromatic heterocycles. The van der Waals surface area contributed by atoms with Crippen LogP contribution in [0.1, 0.15) is 7.43 Å². The highest BCUT2D eigenvalue weighted by Crippen LogP contribution is 1.26. The zero-order valence-corrected chi connectivity index (χ0v) is 5.52. The molecule has 0 spiro atoms. The summed E-state index contributed by atoms with van der Waals surface area (Å²) in [6.07, 6.45) is 0. The molecule has 0 rings (SSSR count). The van der Waals surface area contributed by atoms with E-state index in [4.69, 9.17) is 0 Å². The maximum absolute atomic E-state index is 3.44. The minimum atomic E-state index is 0. The van der Waals surface area contributed by atoms with E-state index in [1.807, 2.05) is 0 Å². The van der Waals surface area contributed by atoms with Gasteiger partial charge in [0, 0.05) is 0 Å². The molecular formula is CH7AlCl2S. The lowest BCUT2D eigenvalue weighted by Crippen LogP contribution is -0.991. The molecule has 0 nitrogen and oxygen atoms in total. The van der Waals surface area contributed by atoms with Gasteiger partial charge in [-0.05, 0) is 0 Å². The van der Waals surface area contributed by atoms with Crippen molar-refractivity contribution in [3.05, 3.63) is 0 Å². The predicted molar refractivity (Wildman–Crippen MR) is 36.0 cm³/mol. The second kappa shape index (κ2) is 50.9. The Morgan fingerprint density at radius 3 is 1.00 bits per heavy atom. The fourth-order valence-corrected chi connectivity index (χ4v) is 0. The van der Waals surface area contributed by atoms with Crippen molar-refractivity contribution in [2.45, 2.75) is 7.43 Å². The molecule has 5 heavy (non-hydrogen) atoms. The molecule has 4 heteroatoms. The summed E-state index contributed by atoms with van der Waals surface area (Å²) in [5, 5.41) is 0. The Bertz CT molecular complexity index is 9.61. The second-order valence-electron chi connectivity index (χ2n) is 0. The molecule has 2 radical (unpaired) electrons. The van der Waals surface area contributed by atoms with Gasteiger partial charge in [0.25, 0.3) is 0 Å². The quantitative estimate of drug-likeness (QED) is 0.391. The fraction of sp³-hybridized carbons (Fsp3) is 1.00. The lowest BCUT2D eigenvalue weighted by molar-refractivity contribution is 2.50. The monoisotopic (exact) mass is 148 g/mol. The van der Waals surface area contributed by atoms with E-state index >= 15 is 0 Å². The van der Waals surface area contributed by atoms with Crippen LogP contribution in [-0.4, -0.2) is 15.2 Å². The van der Waals surface area contributed by atoms with Gasteiger partial charge in [-0.1, -0.05) is 7.43 Å². The second-order valence-corrected chi connectivity index (χ2v) is 0. The number of hydrogen-bond acceptors (Lipinski definition) is 1. The standard InChI is InChI=1S/CH4.Al.2ClH.H2S/h1H4;;2*1H;1H2/q;+1;;;/p-1. The summed E-state index contributed by atoms with van der Waals surface area (Å²) in [6, 6.07) is 0. The van der Waals surface area contributed by atoms with Crippen molar-refractivity contribution in [2.24, 2.45) is 0 Å². The molecule has 0 saturated carbocycles. The van der Waals surface area contributed by atoms with Crippen LogP contribution in [0.4, 0.5) is 0 Å². The zero-order chi connectivity index (χ0) is 2.00. The Morgan fingerprint density at radius 1 is 1.00 bits per heavy atom. The summed E-state index contributed by atoms with van der Waals surface area (Å²) in [5.74, 6) is 0. The van der Waals surface area contributed by atoms with Crippen LogP contribution in [0.5, 0.6) is 0 Å². The first-order valence-electron chi connectivity index (χ1n) is 0.258. The Balaban J connectivity index is -0.00000000167. The van der Waals surface area contributed by atoms with E-state index in [9.17, 15) is 0 Å². The Hall–Kier alpha value is 1.46. The summed E-state index contributed by atoms with van der Waals surface area (Å²) in [7, 11) is 3.44. The van der Waals surface area contributed by atoms with Gasteiger partial charge in [0.2, 0.25) is 15.2 Å². The first-order valence-corrected chi connectivity index (χ1v) is 2.32. The van der Waals surface area contributed by atoms with Gasteiger partial charge in [-0.2, -0.15) is 0 Å². The van der Waals surface area contributed by atoms with Gasteiger partial charge in [-0.3, -0.25) is 0 Å². The first-order chi connectivity index (χ1) is 1.00. The van der Waals surface area contributed by atoms with Gasteiger partial charge in [0.1, 0.15) is 0 Å². The average Bonchev–Trinajstić information content (AvgIpc) is 1.00. The van der Waals surface area contributed by atoms with Gasteiger partial charge < -0.3 is 11.0 Å². The molecule has 0 unspecified atom stereocenters. The molecule has 0 heterocycles. The molecule has 34 valence electrons. The van der Waals surface area contributed by atoms with Crippen molar-refractivity contribution >= 4 is 51.0 Å². The van der Waals surface area contributed by atoms with Crippen molar-refractivity contribution in [1.29, 1.82) is 0 Å². The minimum Gasteiger partial charge on any atom is -0.302 e. The van der Waals surface area contributed by atoms with E-state index in [2.05, 4.69) is 26.2 Å². The highest BCUT2D eigenvalue weighted by atomic mass is 35.5. The third kappa shape index (κ3) is 30.6. The Morgan fingerprint density at radius 2 is 1.00 bits per heavy atom. The van der Waals surface area contributed by atoms with Crippen molar-refractivity contribution in [3.8, 4) is 0 Å². The summed E-state index contributed by atoms with van der Waals surface area (Å²) in [4.78, 5) is 0. The molecule has 0 saturated heterocycles. The van der Waals surface area contributed by atoms with E-state index in [1.54, 1.807) is 0 Å². The molecule has 0 aliphatic carbocycles. The molecule has 0 fully saturated rings. The first kappa shape index (κ1) is 31.8. The summed E-state index contributed by atoms with van der Waals surface area (Å²) in [5.41, 5.74) is 0. The molecular weight excluding hydrogens is 142 g/mol. The Labute approximate surface area is 58.4 Å². The SMILES string of the molecule is C.Cl.Cl.[Al][SH]. The smallest absolute Gasteiger partial charge is 0.226 e. The van der Waals surface area contributed by atoms with Gasteiger partial charge in [0.15, 0.2) is 0 Å². The van der Waals surface area contributed by atoms with Gasteiger partial charge >= 0.3 is 0 Å². The third-order valence-corrected chi connectivity index (χ3v) is 0. The lowest BCUT2D eigenvalue weighted by Gasteiger charge is -1.07. The molecule has 0 aromatic carbocycles. The van der Waals surface area contributed by atoms with E-state index in [0.29, 0.717) is 0 Å². The predicted octanol–water partition coefficient (Wildman–Crippen LogP) is 1.48. The highest BCUT2D eigenvalue weighted by molar-refractivity contribution is 8.03. The van der Waals surface area contributed by atoms with Crippen molar-refractivity contribution in [1.82, 2.24) is 0 Å². The number of hydrogen-bond donors (Lipinski definition) is 1. The Kier molecular flexibility index (Phi) is 323. The van der Waals surface area contributed by atoms with Crippen LogP contribution >= 0.6 is 35.8 Å². The van der Waals surface area contributed by atoms with Crippen molar-refractivity contribution in [2.75, 3.05) is 0 Å². The van der Waals surface area contributed by atoms with Crippen LogP contribution in [-0.2, 0) is 0 Å². The van der Waals surface area contributed by atoms with E-state index < -0.39 is 0 Å². The summed E-state index contributed by atoms with van der Waals surface area (Å²) in [6.45, 7) is 0. The molecule has 0 aliphatic rings. The third-order valence-electron chi connectivity index (χ3n) is 0. The van der Waals surface area contributed by atoms with Crippen LogP contribution in [0.3, 0.4) is 0 Å². The average molecular weight is 149 g/mol. The molecule has 0 bridgehead atoms. The van der Waals surface area contributed by atoms with Crippen LogP contribution in [0.2, 0.25) is 0 Å². The molecule has 0 aliphatic heterocycles. The number of halogens is 2. The van der Waals surface area contributed by atoms with Gasteiger partial charge in [-0.15, -0.1) is 24.8 Å². The lowest BCUT2D eigenvalue weighted by atomic mass is 12.0. The zero-order valence-electron chi connectivity index (χ0n) is 1.84. The number of thiol groups is 1. The highest BCUT2D eigenvalue weighted by Gasteiger charge is 0.996. The maximum Gasteiger partial charge on any atom is 0.226 e. The summed E-state index contributed by atoms with van der Waals surface area (Å²) < 4.78 is 0. The van der Waals surface area contributed by atoms with E-state index in [0.717, 1.165) is 0 Å². The van der Waals surface area contributed by atoms with E-state index in [-0.39, 0.29) is 32.2 Å². The number of rotatable bonds is 0. The van der Waals surface area contributed by atoms with Crippen LogP contribution < -0.4 is 0 Å². The van der Waals surface area contributed by atoms with Gasteiger partial charge in [0.05, 0.1) is 0 Å². The topological polar surface area (TPSA) is 0 Å². The van der Waals surface area contributed by atoms with Crippen LogP contribution in [0.25, 0.3) is 0 Å². The molecule has 0 atom stereocenters. The summed E-state index contributed by atoms with van der Waals surface area (Å²) >= 11 is 2.11. The largest absolute Gasteiger partial charge is 0.302 e. The molecule has 0 aromatic rings. The van der Waals surface area contributed by atoms with Crippen molar-refractivity contribution in [3.63, 3.8) is 0 Å². The van der Waals surface area contributed by atoms with Crippen molar-refractivity contribution < 1.29 is 0 Å². The molecule has 0 amide bonds. The maximum atomic E-state index is 3.44. The fourth-order valence-electron chi connectivity index (χ4n) is 0.